The van der Waals surface area contributed by atoms with Crippen molar-refractivity contribution < 1.29 is 4.74 Å². The molecule has 7 nitrogen and oxygen atoms in total. The Morgan fingerprint density at radius 2 is 1.81 bits per heavy atom. The Kier molecular flexibility index (Phi) is 11.0. The van der Waals surface area contributed by atoms with Gasteiger partial charge in [-0.25, -0.2) is 0 Å². The second-order valence-electron chi connectivity index (χ2n) is 4.89. The van der Waals surface area contributed by atoms with Crippen LogP contribution in [0.25, 0.3) is 20.9 Å². The second kappa shape index (κ2) is 13.1. The summed E-state index contributed by atoms with van der Waals surface area (Å²) >= 11 is 6.74. The Morgan fingerprint density at radius 3 is 2.42 bits per heavy atom. The van der Waals surface area contributed by atoms with Gasteiger partial charge in [0.25, 0.3) is 0 Å². The Hall–Kier alpha value is -2.18. The fraction of sp³-hybridized carbons (Fsp3) is 0.294. The summed E-state index contributed by atoms with van der Waals surface area (Å²) in [6.07, 6.45) is 1.75. The molecule has 0 aliphatic rings. The minimum atomic E-state index is 0.538. The smallest absolute Gasteiger partial charge is 0.120 e. The average Bonchev–Trinajstić information content (AvgIpc) is 2.63. The number of hydrogen-bond acceptors (Lipinski definition) is 3. The molecule has 2 aromatic carbocycles. The molecule has 2 rings (SSSR count). The highest BCUT2D eigenvalue weighted by Gasteiger charge is 2.01. The lowest BCUT2D eigenvalue weighted by atomic mass is 10.1. The maximum Gasteiger partial charge on any atom is 0.120 e. The van der Waals surface area contributed by atoms with Crippen LogP contribution in [0.15, 0.2) is 61.6 Å². The van der Waals surface area contributed by atoms with E-state index in [1.807, 2.05) is 43.3 Å². The average molecular weight is 482 g/mol. The van der Waals surface area contributed by atoms with Crippen LogP contribution < -0.4 is 4.74 Å². The van der Waals surface area contributed by atoms with Crippen molar-refractivity contribution in [2.75, 3.05) is 13.2 Å². The topological polar surface area (TPSA) is 107 Å². The van der Waals surface area contributed by atoms with Gasteiger partial charge in [0.2, 0.25) is 0 Å². The summed E-state index contributed by atoms with van der Waals surface area (Å²) in [6, 6.07) is 13.2. The molecule has 0 radical (unpaired) electrons. The van der Waals surface area contributed by atoms with Gasteiger partial charge in [-0.15, -0.1) is 0 Å². The van der Waals surface area contributed by atoms with E-state index in [1.54, 1.807) is 6.07 Å². The van der Waals surface area contributed by atoms with Crippen LogP contribution in [-0.4, -0.2) is 13.2 Å². The predicted octanol–water partition coefficient (Wildman–Crippen LogP) is 7.48. The number of hydrogen-bond donors (Lipinski definition) is 0. The zero-order valence-corrected chi connectivity index (χ0v) is 17.4. The third-order valence-corrected chi connectivity index (χ3v) is 4.52. The summed E-state index contributed by atoms with van der Waals surface area (Å²) in [7, 11) is 0. The summed E-state index contributed by atoms with van der Waals surface area (Å²) in [6.45, 7) is 3.17. The first-order valence-corrected chi connectivity index (χ1v) is 9.42. The van der Waals surface area contributed by atoms with Gasteiger partial charge in [-0.3, -0.25) is 0 Å². The van der Waals surface area contributed by atoms with Gasteiger partial charge in [-0.05, 0) is 54.6 Å². The molecule has 2 aromatic rings. The van der Waals surface area contributed by atoms with Gasteiger partial charge in [0.15, 0.2) is 0 Å². The van der Waals surface area contributed by atoms with E-state index in [0.717, 1.165) is 27.5 Å². The summed E-state index contributed by atoms with van der Waals surface area (Å²) in [5.41, 5.74) is 18.0. The summed E-state index contributed by atoms with van der Waals surface area (Å²) in [5, 5.41) is 6.94. The molecule has 0 N–H and O–H groups in total. The fourth-order valence-electron chi connectivity index (χ4n) is 1.95. The molecular weight excluding hydrogens is 464 g/mol. The van der Waals surface area contributed by atoms with Gasteiger partial charge in [0.05, 0.1) is 12.3 Å². The highest BCUT2D eigenvalue weighted by atomic mass is 79.9. The van der Waals surface area contributed by atoms with Gasteiger partial charge < -0.3 is 4.74 Å². The minimum Gasteiger partial charge on any atom is -0.494 e. The minimum absolute atomic E-state index is 0.538. The van der Waals surface area contributed by atoms with E-state index in [2.05, 4.69) is 51.9 Å². The quantitative estimate of drug-likeness (QED) is 0.173. The summed E-state index contributed by atoms with van der Waals surface area (Å²) in [4.78, 5) is 5.38. The van der Waals surface area contributed by atoms with E-state index < -0.39 is 0 Å². The predicted molar refractivity (Wildman–Crippen MR) is 111 cm³/mol. The lowest BCUT2D eigenvalue weighted by molar-refractivity contribution is 0.340. The molecule has 0 aromatic heterocycles. The molecule has 0 heterocycles. The van der Waals surface area contributed by atoms with E-state index in [9.17, 15) is 0 Å². The van der Waals surface area contributed by atoms with Crippen LogP contribution in [0, 0.1) is 0 Å². The molecule has 0 saturated heterocycles. The number of azide groups is 2. The van der Waals surface area contributed by atoms with Crippen LogP contribution in [0.2, 0.25) is 0 Å². The molecule has 0 unspecified atom stereocenters. The first-order chi connectivity index (χ1) is 12.6. The normalized spacial score (nSPS) is 9.19. The second-order valence-corrected chi connectivity index (χ2v) is 6.59. The molecule has 136 valence electrons. The van der Waals surface area contributed by atoms with Crippen LogP contribution in [0.1, 0.15) is 18.9 Å². The van der Waals surface area contributed by atoms with E-state index in [4.69, 9.17) is 15.8 Å². The number of halogens is 2. The van der Waals surface area contributed by atoms with E-state index in [-0.39, 0.29) is 0 Å². The maximum absolute atomic E-state index is 8.15. The van der Waals surface area contributed by atoms with Gasteiger partial charge in [0, 0.05) is 25.3 Å². The van der Waals surface area contributed by atoms with Crippen LogP contribution in [0.5, 0.6) is 5.75 Å². The fourth-order valence-corrected chi connectivity index (χ4v) is 2.87. The van der Waals surface area contributed by atoms with E-state index >= 15 is 0 Å². The lowest BCUT2D eigenvalue weighted by Crippen LogP contribution is -1.94. The Balaban J connectivity index is 0.000000289. The molecule has 9 heteroatoms. The van der Waals surface area contributed by atoms with Crippen LogP contribution in [0.4, 0.5) is 5.69 Å². The van der Waals surface area contributed by atoms with E-state index in [0.29, 0.717) is 18.8 Å². The molecule has 0 bridgehead atoms. The largest absolute Gasteiger partial charge is 0.494 e. The van der Waals surface area contributed by atoms with Crippen molar-refractivity contribution in [3.8, 4) is 5.75 Å². The third kappa shape index (κ3) is 8.27. The molecule has 26 heavy (non-hydrogen) atoms. The molecule has 0 saturated carbocycles. The van der Waals surface area contributed by atoms with Gasteiger partial charge in [-0.1, -0.05) is 66.4 Å². The van der Waals surface area contributed by atoms with Crippen molar-refractivity contribution in [2.45, 2.75) is 19.8 Å². The molecule has 0 atom stereocenters. The summed E-state index contributed by atoms with van der Waals surface area (Å²) in [5.74, 6) is 0.869. The molecular formula is C17H18Br2N6O. The molecule has 0 fully saturated rings. The zero-order valence-electron chi connectivity index (χ0n) is 14.2. The van der Waals surface area contributed by atoms with Gasteiger partial charge in [-0.2, -0.15) is 0 Å². The zero-order chi connectivity index (χ0) is 19.2. The standard InChI is InChI=1S/C11H14BrN3O.C6H4BrN3/c1-2-16-10-6-5-9(11(12)8-10)4-3-7-14-15-13;7-5-3-1-2-4-6(5)9-10-8/h5-6,8H,2-4,7H2,1H3;1-4H. The maximum atomic E-state index is 8.15. The number of ether oxygens (including phenoxy) is 1. The van der Waals surface area contributed by atoms with Gasteiger partial charge in [0.1, 0.15) is 5.75 Å². The number of benzene rings is 2. The van der Waals surface area contributed by atoms with E-state index in [1.165, 1.54) is 5.56 Å². The highest BCUT2D eigenvalue weighted by molar-refractivity contribution is 9.10. The third-order valence-electron chi connectivity index (χ3n) is 3.11. The lowest BCUT2D eigenvalue weighted by Gasteiger charge is -2.07. The van der Waals surface area contributed by atoms with Crippen molar-refractivity contribution in [1.29, 1.82) is 0 Å². The number of rotatable bonds is 7. The summed E-state index contributed by atoms with van der Waals surface area (Å²) < 4.78 is 7.24. The molecule has 0 amide bonds. The molecule has 0 spiro atoms. The van der Waals surface area contributed by atoms with Crippen molar-refractivity contribution in [1.82, 2.24) is 0 Å². The Morgan fingerprint density at radius 1 is 1.04 bits per heavy atom. The van der Waals surface area contributed by atoms with Crippen molar-refractivity contribution in [3.05, 3.63) is 77.9 Å². The van der Waals surface area contributed by atoms with Crippen molar-refractivity contribution in [3.63, 3.8) is 0 Å². The number of nitrogens with zero attached hydrogens (tertiary/aromatic N) is 6. The Labute approximate surface area is 168 Å². The Bertz CT molecular complexity index is 802. The molecule has 0 aliphatic carbocycles. The first-order valence-electron chi connectivity index (χ1n) is 7.84. The van der Waals surface area contributed by atoms with Crippen molar-refractivity contribution >= 4 is 37.5 Å². The highest BCUT2D eigenvalue weighted by Crippen LogP contribution is 2.24. The van der Waals surface area contributed by atoms with Crippen molar-refractivity contribution in [2.24, 2.45) is 10.2 Å². The van der Waals surface area contributed by atoms with Crippen LogP contribution >= 0.6 is 31.9 Å². The van der Waals surface area contributed by atoms with Crippen LogP contribution in [0.3, 0.4) is 0 Å². The monoisotopic (exact) mass is 480 g/mol. The number of aryl methyl sites for hydroxylation is 1. The SMILES string of the molecule is CCOc1ccc(CCCN=[N+]=[N-])c(Br)c1.[N-]=[N+]=Nc1ccccc1Br. The van der Waals surface area contributed by atoms with Crippen LogP contribution in [-0.2, 0) is 6.42 Å². The molecule has 0 aliphatic heterocycles. The first kappa shape index (κ1) is 21.9. The van der Waals surface area contributed by atoms with Gasteiger partial charge >= 0.3 is 0 Å².